The first kappa shape index (κ1) is 16.7. The number of aromatic nitrogens is 2. The number of rotatable bonds is 3. The van der Waals surface area contributed by atoms with Crippen LogP contribution in [0.5, 0.6) is 0 Å². The zero-order valence-corrected chi connectivity index (χ0v) is 14.3. The molecular weight excluding hydrogens is 326 g/mol. The van der Waals surface area contributed by atoms with Crippen LogP contribution >= 0.6 is 11.6 Å². The largest absolute Gasteiger partial charge is 0.338 e. The van der Waals surface area contributed by atoms with Crippen LogP contribution in [0.1, 0.15) is 34.5 Å². The van der Waals surface area contributed by atoms with Gasteiger partial charge in [0.05, 0.1) is 5.56 Å². The maximum absolute atomic E-state index is 12.6. The predicted octanol–water partition coefficient (Wildman–Crippen LogP) is 2.83. The van der Waals surface area contributed by atoms with Gasteiger partial charge in [0.1, 0.15) is 5.02 Å². The molecule has 1 saturated heterocycles. The molecule has 2 aromatic rings. The highest BCUT2D eigenvalue weighted by Gasteiger charge is 2.25. The van der Waals surface area contributed by atoms with Crippen LogP contribution in [-0.2, 0) is 6.42 Å². The molecule has 3 heterocycles. The van der Waals surface area contributed by atoms with Gasteiger partial charge in [-0.2, -0.15) is 0 Å². The predicted molar refractivity (Wildman–Crippen MR) is 93.4 cm³/mol. The third-order valence-electron chi connectivity index (χ3n) is 4.41. The maximum Gasteiger partial charge on any atom is 0.266 e. The summed E-state index contributed by atoms with van der Waals surface area (Å²) < 4.78 is 0. The smallest absolute Gasteiger partial charge is 0.266 e. The standard InChI is InChI=1S/C18H20ClN3O2/c1-12-4-5-13(9-20-12)7-14-3-2-6-22(11-14)18(24)15-8-16(19)17(23)21-10-15/h4-5,8-10,14H,2-3,6-7,11H2,1H3,(H,21,23). The second kappa shape index (κ2) is 7.18. The number of nitrogens with one attached hydrogen (secondary N) is 1. The van der Waals surface area contributed by atoms with E-state index in [0.29, 0.717) is 18.0 Å². The summed E-state index contributed by atoms with van der Waals surface area (Å²) in [5, 5.41) is 0.0418. The quantitative estimate of drug-likeness (QED) is 0.930. The van der Waals surface area contributed by atoms with Crippen molar-refractivity contribution in [2.24, 2.45) is 5.92 Å². The number of hydrogen-bond donors (Lipinski definition) is 1. The summed E-state index contributed by atoms with van der Waals surface area (Å²) >= 11 is 5.82. The SMILES string of the molecule is Cc1ccc(CC2CCCN(C(=O)c3c[nH]c(=O)c(Cl)c3)C2)cn1. The number of aromatic amines is 1. The molecule has 1 aliphatic heterocycles. The van der Waals surface area contributed by atoms with Crippen LogP contribution in [0.15, 0.2) is 35.4 Å². The molecule has 126 valence electrons. The van der Waals surface area contributed by atoms with Crippen LogP contribution in [0.3, 0.4) is 0 Å². The van der Waals surface area contributed by atoms with Gasteiger partial charge in [0.15, 0.2) is 0 Å². The lowest BCUT2D eigenvalue weighted by atomic mass is 9.91. The Kier molecular flexibility index (Phi) is 5.00. The highest BCUT2D eigenvalue weighted by molar-refractivity contribution is 6.30. The molecule has 1 aliphatic rings. The summed E-state index contributed by atoms with van der Waals surface area (Å²) in [6, 6.07) is 5.56. The number of aryl methyl sites for hydroxylation is 1. The van der Waals surface area contributed by atoms with Crippen LogP contribution in [0, 0.1) is 12.8 Å². The van der Waals surface area contributed by atoms with Gasteiger partial charge in [-0.25, -0.2) is 0 Å². The fourth-order valence-corrected chi connectivity index (χ4v) is 3.30. The van der Waals surface area contributed by atoms with Crippen molar-refractivity contribution in [2.75, 3.05) is 13.1 Å². The summed E-state index contributed by atoms with van der Waals surface area (Å²) in [4.78, 5) is 32.7. The molecule has 0 spiro atoms. The van der Waals surface area contributed by atoms with E-state index in [-0.39, 0.29) is 16.5 Å². The average molecular weight is 346 g/mol. The molecule has 2 aromatic heterocycles. The molecule has 1 N–H and O–H groups in total. The molecule has 24 heavy (non-hydrogen) atoms. The lowest BCUT2D eigenvalue weighted by molar-refractivity contribution is 0.0673. The third-order valence-corrected chi connectivity index (χ3v) is 4.69. The van der Waals surface area contributed by atoms with E-state index in [0.717, 1.165) is 31.5 Å². The molecule has 5 nitrogen and oxygen atoms in total. The van der Waals surface area contributed by atoms with Gasteiger partial charge in [0, 0.05) is 31.2 Å². The van der Waals surface area contributed by atoms with Crippen molar-refractivity contribution in [3.05, 3.63) is 62.8 Å². The van der Waals surface area contributed by atoms with Gasteiger partial charge in [-0.15, -0.1) is 0 Å². The first-order valence-corrected chi connectivity index (χ1v) is 8.50. The van der Waals surface area contributed by atoms with E-state index in [1.165, 1.54) is 17.8 Å². The molecule has 3 rings (SSSR count). The summed E-state index contributed by atoms with van der Waals surface area (Å²) in [6.45, 7) is 3.42. The molecule has 0 aliphatic carbocycles. The van der Waals surface area contributed by atoms with E-state index >= 15 is 0 Å². The molecule has 0 saturated carbocycles. The van der Waals surface area contributed by atoms with E-state index < -0.39 is 0 Å². The zero-order chi connectivity index (χ0) is 17.1. The van der Waals surface area contributed by atoms with Crippen LogP contribution < -0.4 is 5.56 Å². The molecule has 1 fully saturated rings. The van der Waals surface area contributed by atoms with Crippen LogP contribution in [0.2, 0.25) is 5.02 Å². The molecule has 0 radical (unpaired) electrons. The Hall–Kier alpha value is -2.14. The van der Waals surface area contributed by atoms with Gasteiger partial charge in [0.25, 0.3) is 11.5 Å². The number of carbonyl (C=O) groups is 1. The first-order chi connectivity index (χ1) is 11.5. The minimum atomic E-state index is -0.378. The number of piperidine rings is 1. The lowest BCUT2D eigenvalue weighted by Crippen LogP contribution is -2.40. The van der Waals surface area contributed by atoms with Crippen molar-refractivity contribution in [1.82, 2.24) is 14.9 Å². The second-order valence-electron chi connectivity index (χ2n) is 6.34. The van der Waals surface area contributed by atoms with E-state index in [1.807, 2.05) is 24.1 Å². The van der Waals surface area contributed by atoms with Gasteiger partial charge >= 0.3 is 0 Å². The van der Waals surface area contributed by atoms with Crippen molar-refractivity contribution < 1.29 is 4.79 Å². The first-order valence-electron chi connectivity index (χ1n) is 8.12. The number of H-pyrrole nitrogens is 1. The lowest BCUT2D eigenvalue weighted by Gasteiger charge is -2.33. The second-order valence-corrected chi connectivity index (χ2v) is 6.74. The Morgan fingerprint density at radius 2 is 2.29 bits per heavy atom. The van der Waals surface area contributed by atoms with Gasteiger partial charge in [-0.1, -0.05) is 17.7 Å². The topological polar surface area (TPSA) is 66.1 Å². The normalized spacial score (nSPS) is 17.8. The minimum Gasteiger partial charge on any atom is -0.338 e. The van der Waals surface area contributed by atoms with Crippen molar-refractivity contribution in [3.63, 3.8) is 0 Å². The van der Waals surface area contributed by atoms with Crippen molar-refractivity contribution in [1.29, 1.82) is 0 Å². The Morgan fingerprint density at radius 1 is 1.46 bits per heavy atom. The fraction of sp³-hybridized carbons (Fsp3) is 0.389. The van der Waals surface area contributed by atoms with Gasteiger partial charge < -0.3 is 9.88 Å². The van der Waals surface area contributed by atoms with Crippen LogP contribution in [0.25, 0.3) is 0 Å². The number of amides is 1. The number of hydrogen-bond acceptors (Lipinski definition) is 3. The number of nitrogens with zero attached hydrogens (tertiary/aromatic N) is 2. The summed E-state index contributed by atoms with van der Waals surface area (Å²) in [7, 11) is 0. The Bertz CT molecular complexity index is 786. The molecule has 0 aromatic carbocycles. The Labute approximate surface area is 145 Å². The van der Waals surface area contributed by atoms with Gasteiger partial charge in [0.2, 0.25) is 0 Å². The molecule has 1 unspecified atom stereocenters. The van der Waals surface area contributed by atoms with Crippen molar-refractivity contribution in [3.8, 4) is 0 Å². The minimum absolute atomic E-state index is 0.0418. The molecule has 0 bridgehead atoms. The maximum atomic E-state index is 12.6. The summed E-state index contributed by atoms with van der Waals surface area (Å²) in [5.74, 6) is 0.338. The summed E-state index contributed by atoms with van der Waals surface area (Å²) in [6.07, 6.45) is 6.35. The molecule has 1 atom stereocenters. The summed E-state index contributed by atoms with van der Waals surface area (Å²) in [5.41, 5.74) is 2.26. The van der Waals surface area contributed by atoms with E-state index in [2.05, 4.69) is 16.0 Å². The Morgan fingerprint density at radius 3 is 3.00 bits per heavy atom. The van der Waals surface area contributed by atoms with E-state index in [1.54, 1.807) is 0 Å². The molecule has 1 amide bonds. The van der Waals surface area contributed by atoms with E-state index in [4.69, 9.17) is 11.6 Å². The monoisotopic (exact) mass is 345 g/mol. The molecular formula is C18H20ClN3O2. The highest BCUT2D eigenvalue weighted by Crippen LogP contribution is 2.22. The number of pyridine rings is 2. The van der Waals surface area contributed by atoms with Crippen LogP contribution in [0.4, 0.5) is 0 Å². The van der Waals surface area contributed by atoms with Gasteiger partial charge in [-0.05, 0) is 49.8 Å². The number of likely N-dealkylation sites (tertiary alicyclic amines) is 1. The number of halogens is 1. The fourth-order valence-electron chi connectivity index (χ4n) is 3.13. The van der Waals surface area contributed by atoms with Crippen molar-refractivity contribution >= 4 is 17.5 Å². The zero-order valence-electron chi connectivity index (χ0n) is 13.6. The number of carbonyl (C=O) groups excluding carboxylic acids is 1. The van der Waals surface area contributed by atoms with E-state index in [9.17, 15) is 9.59 Å². The Balaban J connectivity index is 1.68. The molecule has 6 heteroatoms. The average Bonchev–Trinajstić information content (AvgIpc) is 2.59. The van der Waals surface area contributed by atoms with Gasteiger partial charge in [-0.3, -0.25) is 14.6 Å². The highest BCUT2D eigenvalue weighted by atomic mass is 35.5. The van der Waals surface area contributed by atoms with Crippen molar-refractivity contribution in [2.45, 2.75) is 26.2 Å². The third kappa shape index (κ3) is 3.85. The van der Waals surface area contributed by atoms with Crippen LogP contribution in [-0.4, -0.2) is 33.9 Å².